The molecule has 2 atom stereocenters. The Labute approximate surface area is 260 Å². The minimum Gasteiger partial charge on any atom is -0.373 e. The lowest BCUT2D eigenvalue weighted by molar-refractivity contribution is -0.0681. The first-order valence-electron chi connectivity index (χ1n) is 19.6. The Hall–Kier alpha value is -0.0800. The first-order valence-corrected chi connectivity index (χ1v) is 19.6. The molecule has 0 aromatic heterocycles. The van der Waals surface area contributed by atoms with E-state index in [9.17, 15) is 0 Å². The van der Waals surface area contributed by atoms with E-state index in [4.69, 9.17) is 4.74 Å². The topological polar surface area (TPSA) is 12.5 Å². The molecule has 41 heavy (non-hydrogen) atoms. The third-order valence-corrected chi connectivity index (χ3v) is 9.57. The normalized spacial score (nSPS) is 17.9. The van der Waals surface area contributed by atoms with Crippen molar-refractivity contribution in [1.82, 2.24) is 4.90 Å². The smallest absolute Gasteiger partial charge is 0.0678 e. The lowest BCUT2D eigenvalue weighted by Gasteiger charge is -2.35. The molecule has 0 spiro atoms. The first kappa shape index (κ1) is 38.9. The number of hydrogen-bond acceptors (Lipinski definition) is 2. The van der Waals surface area contributed by atoms with Gasteiger partial charge in [-0.05, 0) is 26.8 Å². The summed E-state index contributed by atoms with van der Waals surface area (Å²) in [5.74, 6) is 0. The molecule has 0 bridgehead atoms. The van der Waals surface area contributed by atoms with E-state index in [1.165, 1.54) is 206 Å². The predicted octanol–water partition coefficient (Wildman–Crippen LogP) is 13.2. The summed E-state index contributed by atoms with van der Waals surface area (Å²) in [5, 5.41) is 0. The highest BCUT2D eigenvalue weighted by molar-refractivity contribution is 4.72. The van der Waals surface area contributed by atoms with E-state index in [0.29, 0.717) is 12.2 Å². The van der Waals surface area contributed by atoms with Gasteiger partial charge in [0, 0.05) is 13.1 Å². The average molecular weight is 578 g/mol. The fourth-order valence-corrected chi connectivity index (χ4v) is 7.00. The van der Waals surface area contributed by atoms with E-state index < -0.39 is 0 Å². The minimum atomic E-state index is 0.414. The van der Waals surface area contributed by atoms with Gasteiger partial charge in [0.15, 0.2) is 0 Å². The lowest BCUT2D eigenvalue weighted by atomic mass is 10.0. The second-order valence-electron chi connectivity index (χ2n) is 14.1. The van der Waals surface area contributed by atoms with Crippen molar-refractivity contribution in [1.29, 1.82) is 0 Å². The van der Waals surface area contributed by atoms with E-state index >= 15 is 0 Å². The second kappa shape index (κ2) is 31.3. The maximum absolute atomic E-state index is 5.84. The Morgan fingerprint density at radius 2 is 0.585 bits per heavy atom. The summed E-state index contributed by atoms with van der Waals surface area (Å²) in [4.78, 5) is 2.61. The van der Waals surface area contributed by atoms with Gasteiger partial charge in [0.1, 0.15) is 0 Å². The SMILES string of the molecule is CCCCCCCCCCCCCCCCCCCCCCCCCCCCCCCCCN1CC(C)OC(C)C1. The van der Waals surface area contributed by atoms with Crippen LogP contribution in [0.15, 0.2) is 0 Å². The number of rotatable bonds is 32. The predicted molar refractivity (Wildman–Crippen MR) is 185 cm³/mol. The largest absolute Gasteiger partial charge is 0.373 e. The summed E-state index contributed by atoms with van der Waals surface area (Å²) < 4.78 is 5.84. The molecule has 2 unspecified atom stereocenters. The van der Waals surface area contributed by atoms with Gasteiger partial charge < -0.3 is 4.74 Å². The van der Waals surface area contributed by atoms with Crippen molar-refractivity contribution < 1.29 is 4.74 Å². The van der Waals surface area contributed by atoms with Gasteiger partial charge in [-0.1, -0.05) is 200 Å². The molecule has 1 aliphatic heterocycles. The summed E-state index contributed by atoms with van der Waals surface area (Å²) in [6, 6.07) is 0. The number of ether oxygens (including phenoxy) is 1. The second-order valence-corrected chi connectivity index (χ2v) is 14.1. The van der Waals surface area contributed by atoms with Gasteiger partial charge in [-0.2, -0.15) is 0 Å². The van der Waals surface area contributed by atoms with Crippen LogP contribution in [0.5, 0.6) is 0 Å². The third-order valence-electron chi connectivity index (χ3n) is 9.57. The first-order chi connectivity index (χ1) is 20.2. The van der Waals surface area contributed by atoms with Gasteiger partial charge in [0.25, 0.3) is 0 Å². The number of nitrogens with zero attached hydrogens (tertiary/aromatic N) is 1. The molecular weight excluding hydrogens is 498 g/mol. The molecule has 2 heteroatoms. The number of hydrogen-bond donors (Lipinski definition) is 0. The monoisotopic (exact) mass is 578 g/mol. The van der Waals surface area contributed by atoms with Crippen molar-refractivity contribution in [3.63, 3.8) is 0 Å². The van der Waals surface area contributed by atoms with Crippen LogP contribution in [-0.4, -0.2) is 36.7 Å². The van der Waals surface area contributed by atoms with Gasteiger partial charge in [0.05, 0.1) is 12.2 Å². The number of unbranched alkanes of at least 4 members (excludes halogenated alkanes) is 30. The van der Waals surface area contributed by atoms with E-state index in [1.54, 1.807) is 0 Å². The van der Waals surface area contributed by atoms with Crippen LogP contribution in [-0.2, 0) is 4.74 Å². The molecule has 0 aliphatic carbocycles. The van der Waals surface area contributed by atoms with Gasteiger partial charge >= 0.3 is 0 Å². The third kappa shape index (κ3) is 28.4. The van der Waals surface area contributed by atoms with Crippen LogP contribution in [0.3, 0.4) is 0 Å². The van der Waals surface area contributed by atoms with Crippen LogP contribution in [0, 0.1) is 0 Å². The van der Waals surface area contributed by atoms with Crippen LogP contribution in [0.1, 0.15) is 220 Å². The van der Waals surface area contributed by atoms with E-state index in [0.717, 1.165) is 13.1 Å². The number of morpholine rings is 1. The Morgan fingerprint density at radius 3 is 0.829 bits per heavy atom. The van der Waals surface area contributed by atoms with Crippen LogP contribution in [0.25, 0.3) is 0 Å². The zero-order chi connectivity index (χ0) is 29.5. The molecule has 0 aromatic rings. The van der Waals surface area contributed by atoms with Crippen LogP contribution in [0.2, 0.25) is 0 Å². The average Bonchev–Trinajstić information content (AvgIpc) is 2.95. The molecule has 0 saturated carbocycles. The van der Waals surface area contributed by atoms with Crippen molar-refractivity contribution >= 4 is 0 Å². The molecule has 0 N–H and O–H groups in total. The minimum absolute atomic E-state index is 0.414. The molecular formula is C39H79NO. The van der Waals surface area contributed by atoms with Crippen molar-refractivity contribution in [2.45, 2.75) is 232 Å². The molecule has 1 saturated heterocycles. The van der Waals surface area contributed by atoms with Crippen LogP contribution >= 0.6 is 0 Å². The fraction of sp³-hybridized carbons (Fsp3) is 1.00. The zero-order valence-electron chi connectivity index (χ0n) is 29.1. The van der Waals surface area contributed by atoms with Gasteiger partial charge in [-0.25, -0.2) is 0 Å². The summed E-state index contributed by atoms with van der Waals surface area (Å²) >= 11 is 0. The van der Waals surface area contributed by atoms with Gasteiger partial charge in [-0.15, -0.1) is 0 Å². The summed E-state index contributed by atoms with van der Waals surface area (Å²) in [7, 11) is 0. The van der Waals surface area contributed by atoms with Crippen LogP contribution < -0.4 is 0 Å². The summed E-state index contributed by atoms with van der Waals surface area (Å²) in [6.45, 7) is 10.3. The quantitative estimate of drug-likeness (QED) is 0.0737. The Morgan fingerprint density at radius 1 is 0.366 bits per heavy atom. The molecule has 0 radical (unpaired) electrons. The molecule has 1 heterocycles. The molecule has 1 aliphatic rings. The Balaban J connectivity index is 1.63. The highest BCUT2D eigenvalue weighted by atomic mass is 16.5. The van der Waals surface area contributed by atoms with E-state index in [2.05, 4.69) is 25.7 Å². The van der Waals surface area contributed by atoms with Crippen molar-refractivity contribution in [2.24, 2.45) is 0 Å². The molecule has 0 aromatic carbocycles. The van der Waals surface area contributed by atoms with Gasteiger partial charge in [-0.3, -0.25) is 4.90 Å². The molecule has 246 valence electrons. The summed E-state index contributed by atoms with van der Waals surface area (Å²) in [5.41, 5.74) is 0. The maximum Gasteiger partial charge on any atom is 0.0678 e. The molecule has 1 rings (SSSR count). The van der Waals surface area contributed by atoms with Crippen molar-refractivity contribution in [3.05, 3.63) is 0 Å². The zero-order valence-corrected chi connectivity index (χ0v) is 29.1. The van der Waals surface area contributed by atoms with Crippen LogP contribution in [0.4, 0.5) is 0 Å². The Bertz CT molecular complexity index is 484. The van der Waals surface area contributed by atoms with Gasteiger partial charge in [0.2, 0.25) is 0 Å². The van der Waals surface area contributed by atoms with E-state index in [1.807, 2.05) is 0 Å². The Kier molecular flexibility index (Phi) is 29.8. The summed E-state index contributed by atoms with van der Waals surface area (Å²) in [6.07, 6.45) is 46.4. The highest BCUT2D eigenvalue weighted by Crippen LogP contribution is 2.17. The van der Waals surface area contributed by atoms with Crippen molar-refractivity contribution in [2.75, 3.05) is 19.6 Å². The lowest BCUT2D eigenvalue weighted by Crippen LogP contribution is -2.45. The molecule has 0 amide bonds. The maximum atomic E-state index is 5.84. The molecule has 2 nitrogen and oxygen atoms in total. The fourth-order valence-electron chi connectivity index (χ4n) is 7.00. The molecule has 1 fully saturated rings. The standard InChI is InChI=1S/C39H79NO/c1-4-5-6-7-8-9-10-11-12-13-14-15-16-17-18-19-20-21-22-23-24-25-26-27-28-29-30-31-32-33-34-35-40-36-38(2)41-39(3)37-40/h38-39H,4-37H2,1-3H3. The van der Waals surface area contributed by atoms with E-state index in [-0.39, 0.29) is 0 Å². The highest BCUT2D eigenvalue weighted by Gasteiger charge is 2.21. The van der Waals surface area contributed by atoms with Crippen molar-refractivity contribution in [3.8, 4) is 0 Å².